The molecule has 1 heterocycles. The second-order valence-electron chi connectivity index (χ2n) is 5.49. The Morgan fingerprint density at radius 2 is 2.00 bits per heavy atom. The second-order valence-corrected chi connectivity index (χ2v) is 5.90. The summed E-state index contributed by atoms with van der Waals surface area (Å²) in [4.78, 5) is 2.32. The van der Waals surface area contributed by atoms with Crippen molar-refractivity contribution >= 4 is 23.0 Å². The fourth-order valence-electron chi connectivity index (χ4n) is 2.88. The summed E-state index contributed by atoms with van der Waals surface area (Å²) in [6.45, 7) is 5.10. The highest BCUT2D eigenvalue weighted by atomic mass is 35.5. The Hall–Kier alpha value is -1.51. The Balaban J connectivity index is 1.81. The first kappa shape index (κ1) is 14.4. The molecule has 0 saturated heterocycles. The van der Waals surface area contributed by atoms with Crippen molar-refractivity contribution in [2.24, 2.45) is 0 Å². The fraction of sp³-hybridized carbons (Fsp3) is 0.333. The first-order valence-corrected chi connectivity index (χ1v) is 8.02. The monoisotopic (exact) mass is 300 g/mol. The van der Waals surface area contributed by atoms with Crippen LogP contribution in [-0.2, 0) is 13.0 Å². The molecule has 2 nitrogen and oxygen atoms in total. The van der Waals surface area contributed by atoms with Crippen LogP contribution in [0.15, 0.2) is 42.5 Å². The Kier molecular flexibility index (Phi) is 4.47. The average molecular weight is 301 g/mol. The molecule has 2 aromatic rings. The standard InChI is InChI=1S/C18H21ClN2/c1-2-10-20-13-14-7-8-18(16(19)12-14)21-11-9-15-5-3-4-6-17(15)21/h3-8,12,20H,2,9-11,13H2,1H3. The van der Waals surface area contributed by atoms with E-state index in [2.05, 4.69) is 59.6 Å². The molecule has 0 aromatic heterocycles. The predicted molar refractivity (Wildman–Crippen MR) is 90.6 cm³/mol. The van der Waals surface area contributed by atoms with Crippen molar-refractivity contribution in [1.29, 1.82) is 0 Å². The van der Waals surface area contributed by atoms with Gasteiger partial charge in [0, 0.05) is 18.8 Å². The molecule has 0 saturated carbocycles. The SMILES string of the molecule is CCCNCc1ccc(N2CCc3ccccc32)c(Cl)c1. The lowest BCUT2D eigenvalue weighted by molar-refractivity contribution is 0.675. The molecular weight excluding hydrogens is 280 g/mol. The summed E-state index contributed by atoms with van der Waals surface area (Å²) in [5.74, 6) is 0. The van der Waals surface area contributed by atoms with Crippen LogP contribution >= 0.6 is 11.6 Å². The first-order chi connectivity index (χ1) is 10.3. The van der Waals surface area contributed by atoms with Crippen molar-refractivity contribution in [2.75, 3.05) is 18.0 Å². The molecule has 1 aliphatic rings. The molecule has 0 unspecified atom stereocenters. The zero-order valence-corrected chi connectivity index (χ0v) is 13.2. The number of hydrogen-bond acceptors (Lipinski definition) is 2. The lowest BCUT2D eigenvalue weighted by atomic mass is 10.1. The number of nitrogens with zero attached hydrogens (tertiary/aromatic N) is 1. The number of halogens is 1. The molecule has 2 aromatic carbocycles. The topological polar surface area (TPSA) is 15.3 Å². The van der Waals surface area contributed by atoms with Gasteiger partial charge >= 0.3 is 0 Å². The van der Waals surface area contributed by atoms with Crippen LogP contribution in [0.4, 0.5) is 11.4 Å². The van der Waals surface area contributed by atoms with Crippen LogP contribution in [0.5, 0.6) is 0 Å². The minimum absolute atomic E-state index is 0.836. The molecule has 0 fully saturated rings. The average Bonchev–Trinajstić information content (AvgIpc) is 2.92. The van der Waals surface area contributed by atoms with Gasteiger partial charge in [-0.3, -0.25) is 0 Å². The molecule has 3 rings (SSSR count). The zero-order valence-electron chi connectivity index (χ0n) is 12.4. The number of benzene rings is 2. The van der Waals surface area contributed by atoms with Gasteiger partial charge < -0.3 is 10.2 Å². The van der Waals surface area contributed by atoms with E-state index < -0.39 is 0 Å². The van der Waals surface area contributed by atoms with E-state index >= 15 is 0 Å². The maximum atomic E-state index is 6.52. The van der Waals surface area contributed by atoms with Gasteiger partial charge in [0.05, 0.1) is 10.7 Å². The Morgan fingerprint density at radius 3 is 2.81 bits per heavy atom. The van der Waals surface area contributed by atoms with Gasteiger partial charge in [-0.2, -0.15) is 0 Å². The van der Waals surface area contributed by atoms with Crippen LogP contribution < -0.4 is 10.2 Å². The van der Waals surface area contributed by atoms with E-state index in [0.717, 1.165) is 43.2 Å². The lowest BCUT2D eigenvalue weighted by Gasteiger charge is -2.21. The summed E-state index contributed by atoms with van der Waals surface area (Å²) in [7, 11) is 0. The van der Waals surface area contributed by atoms with E-state index in [-0.39, 0.29) is 0 Å². The summed E-state index contributed by atoms with van der Waals surface area (Å²) in [6, 6.07) is 15.0. The molecule has 110 valence electrons. The summed E-state index contributed by atoms with van der Waals surface area (Å²) in [6.07, 6.45) is 2.24. The predicted octanol–water partition coefficient (Wildman–Crippen LogP) is 4.53. The normalized spacial score (nSPS) is 13.5. The first-order valence-electron chi connectivity index (χ1n) is 7.64. The van der Waals surface area contributed by atoms with Crippen LogP contribution in [0.2, 0.25) is 5.02 Å². The molecule has 3 heteroatoms. The van der Waals surface area contributed by atoms with Crippen molar-refractivity contribution in [2.45, 2.75) is 26.3 Å². The van der Waals surface area contributed by atoms with E-state index in [9.17, 15) is 0 Å². The molecule has 0 amide bonds. The molecule has 0 aliphatic carbocycles. The van der Waals surface area contributed by atoms with E-state index in [1.54, 1.807) is 0 Å². The quantitative estimate of drug-likeness (QED) is 0.816. The van der Waals surface area contributed by atoms with Gasteiger partial charge in [-0.15, -0.1) is 0 Å². The maximum absolute atomic E-state index is 6.52. The fourth-order valence-corrected chi connectivity index (χ4v) is 3.18. The van der Waals surface area contributed by atoms with Crippen molar-refractivity contribution < 1.29 is 0 Å². The van der Waals surface area contributed by atoms with Crippen LogP contribution in [0.25, 0.3) is 0 Å². The van der Waals surface area contributed by atoms with Crippen molar-refractivity contribution in [3.05, 3.63) is 58.6 Å². The number of hydrogen-bond donors (Lipinski definition) is 1. The third kappa shape index (κ3) is 3.07. The second kappa shape index (κ2) is 6.50. The third-order valence-electron chi connectivity index (χ3n) is 3.95. The highest BCUT2D eigenvalue weighted by Gasteiger charge is 2.21. The zero-order chi connectivity index (χ0) is 14.7. The van der Waals surface area contributed by atoms with E-state index in [1.165, 1.54) is 16.8 Å². The number of rotatable bonds is 5. The van der Waals surface area contributed by atoms with Crippen LogP contribution in [0, 0.1) is 0 Å². The minimum atomic E-state index is 0.836. The van der Waals surface area contributed by atoms with Gasteiger partial charge in [0.2, 0.25) is 0 Å². The van der Waals surface area contributed by atoms with E-state index in [0.29, 0.717) is 0 Å². The van der Waals surface area contributed by atoms with Gasteiger partial charge in [0.1, 0.15) is 0 Å². The van der Waals surface area contributed by atoms with Crippen LogP contribution in [-0.4, -0.2) is 13.1 Å². The van der Waals surface area contributed by atoms with E-state index in [4.69, 9.17) is 11.6 Å². The summed E-state index contributed by atoms with van der Waals surface area (Å²) in [5, 5.41) is 4.25. The number of fused-ring (bicyclic) bond motifs is 1. The largest absolute Gasteiger partial charge is 0.340 e. The van der Waals surface area contributed by atoms with Gasteiger partial charge in [0.25, 0.3) is 0 Å². The summed E-state index contributed by atoms with van der Waals surface area (Å²) < 4.78 is 0. The lowest BCUT2D eigenvalue weighted by Crippen LogP contribution is -2.15. The molecule has 0 atom stereocenters. The van der Waals surface area contributed by atoms with Gasteiger partial charge in [0.15, 0.2) is 0 Å². The summed E-state index contributed by atoms with van der Waals surface area (Å²) in [5.41, 5.74) is 5.05. The van der Waals surface area contributed by atoms with Crippen molar-refractivity contribution in [3.63, 3.8) is 0 Å². The van der Waals surface area contributed by atoms with Crippen molar-refractivity contribution in [1.82, 2.24) is 5.32 Å². The van der Waals surface area contributed by atoms with Crippen LogP contribution in [0.3, 0.4) is 0 Å². The molecule has 0 spiro atoms. The summed E-state index contributed by atoms with van der Waals surface area (Å²) >= 11 is 6.52. The molecule has 21 heavy (non-hydrogen) atoms. The highest BCUT2D eigenvalue weighted by molar-refractivity contribution is 6.33. The van der Waals surface area contributed by atoms with Crippen molar-refractivity contribution in [3.8, 4) is 0 Å². The Morgan fingerprint density at radius 1 is 1.14 bits per heavy atom. The van der Waals surface area contributed by atoms with Gasteiger partial charge in [-0.05, 0) is 48.7 Å². The van der Waals surface area contributed by atoms with E-state index in [1.807, 2.05) is 0 Å². The maximum Gasteiger partial charge on any atom is 0.0646 e. The highest BCUT2D eigenvalue weighted by Crippen LogP contribution is 2.38. The molecular formula is C18H21ClN2. The third-order valence-corrected chi connectivity index (χ3v) is 4.25. The number of nitrogens with one attached hydrogen (secondary N) is 1. The smallest absolute Gasteiger partial charge is 0.0646 e. The molecule has 0 radical (unpaired) electrons. The molecule has 1 N–H and O–H groups in total. The molecule has 1 aliphatic heterocycles. The number of para-hydroxylation sites is 1. The number of anilines is 2. The minimum Gasteiger partial charge on any atom is -0.340 e. The Bertz CT molecular complexity index is 624. The van der Waals surface area contributed by atoms with Crippen LogP contribution in [0.1, 0.15) is 24.5 Å². The van der Waals surface area contributed by atoms with Gasteiger partial charge in [-0.25, -0.2) is 0 Å². The van der Waals surface area contributed by atoms with Gasteiger partial charge in [-0.1, -0.05) is 42.8 Å². The Labute approximate surface area is 131 Å². The molecule has 0 bridgehead atoms.